The number of rotatable bonds is 41. The molecule has 2 unspecified atom stereocenters. The summed E-state index contributed by atoms with van der Waals surface area (Å²) in [5.41, 5.74) is 4.56. The number of hydrogen-bond acceptors (Lipinski definition) is 17. The highest BCUT2D eigenvalue weighted by atomic mass is 31.3. The number of allylic oxidation sites excluding steroid dienone is 7. The molecule has 2 rings (SSSR count). The van der Waals surface area contributed by atoms with Crippen LogP contribution in [0, 0.1) is 5.92 Å². The van der Waals surface area contributed by atoms with Crippen molar-refractivity contribution < 1.29 is 76.5 Å². The zero-order valence-electron chi connectivity index (χ0n) is 42.6. The average Bonchev–Trinajstić information content (AvgIpc) is 3.60. The molecule has 1 aliphatic rings. The van der Waals surface area contributed by atoms with E-state index < -0.39 is 95.9 Å². The summed E-state index contributed by atoms with van der Waals surface area (Å²) in [6, 6.07) is 1.23. The molecule has 0 aromatic carbocycles. The van der Waals surface area contributed by atoms with Crippen LogP contribution in [0.3, 0.4) is 0 Å². The number of hydrogen-bond donors (Lipinski definition) is 7. The Morgan fingerprint density at radius 1 is 0.736 bits per heavy atom. The fourth-order valence-electron chi connectivity index (χ4n) is 7.47. The summed E-state index contributed by atoms with van der Waals surface area (Å²) >= 11 is 0. The minimum atomic E-state index is -5.49. The van der Waals surface area contributed by atoms with E-state index in [1.807, 2.05) is 18.2 Å². The van der Waals surface area contributed by atoms with Crippen LogP contribution in [0.4, 0.5) is 5.82 Å². The number of aliphatic hydroxyl groups is 4. The van der Waals surface area contributed by atoms with Crippen LogP contribution in [0.25, 0.3) is 0 Å². The molecular weight excluding hydrogens is 977 g/mol. The monoisotopic (exact) mass is 1060 g/mol. The molecule has 0 aliphatic carbocycles. The highest BCUT2D eigenvalue weighted by Gasteiger charge is 2.46. The summed E-state index contributed by atoms with van der Waals surface area (Å²) in [5.74, 6) is -0.840. The van der Waals surface area contributed by atoms with Crippen molar-refractivity contribution in [3.05, 3.63) is 71.4 Å². The normalized spacial score (nSPS) is 20.4. The Morgan fingerprint density at radius 3 is 1.86 bits per heavy atom. The molecule has 2 heterocycles. The highest BCUT2D eigenvalue weighted by Crippen LogP contribution is 2.60. The van der Waals surface area contributed by atoms with Crippen molar-refractivity contribution in [3.8, 4) is 0 Å². The molecule has 0 bridgehead atoms. The Kier molecular flexibility index (Phi) is 33.6. The third kappa shape index (κ3) is 30.1. The number of phosphoric acid groups is 2. The largest absolute Gasteiger partial charge is 0.481 e. The van der Waals surface area contributed by atoms with Gasteiger partial charge in [0.1, 0.15) is 30.7 Å². The van der Waals surface area contributed by atoms with E-state index in [1.165, 1.54) is 51.0 Å². The van der Waals surface area contributed by atoms with Crippen LogP contribution in [-0.2, 0) is 46.3 Å². The van der Waals surface area contributed by atoms with Gasteiger partial charge in [-0.15, -0.1) is 0 Å². The number of aromatic nitrogens is 2. The molecule has 0 amide bonds. The molecule has 1 aromatic rings. The van der Waals surface area contributed by atoms with Gasteiger partial charge in [0.15, 0.2) is 12.3 Å². The van der Waals surface area contributed by atoms with Crippen LogP contribution in [0.2, 0.25) is 0 Å². The van der Waals surface area contributed by atoms with Gasteiger partial charge in [0, 0.05) is 19.0 Å². The first-order chi connectivity index (χ1) is 34.3. The van der Waals surface area contributed by atoms with Gasteiger partial charge in [-0.05, 0) is 63.4 Å². The zero-order valence-corrected chi connectivity index (χ0v) is 44.4. The maximum atomic E-state index is 12.9. The van der Waals surface area contributed by atoms with E-state index in [4.69, 9.17) is 29.0 Å². The summed E-state index contributed by atoms with van der Waals surface area (Å²) in [5, 5.41) is 41.8. The number of unbranched alkanes of at least 4 members (excludes halogenated alkanes) is 11. The van der Waals surface area contributed by atoms with Crippen LogP contribution in [0.5, 0.6) is 0 Å². The summed E-state index contributed by atoms with van der Waals surface area (Å²) < 4.78 is 56.6. The first-order valence-electron chi connectivity index (χ1n) is 25.7. The smallest absolute Gasteiger partial charge is 0.462 e. The predicted molar refractivity (Wildman–Crippen MR) is 273 cm³/mol. The van der Waals surface area contributed by atoms with E-state index in [2.05, 4.69) is 54.4 Å². The fraction of sp³-hybridized carbons (Fsp3) is 0.720. The molecule has 412 valence electrons. The van der Waals surface area contributed by atoms with Gasteiger partial charge in [-0.3, -0.25) is 23.2 Å². The van der Waals surface area contributed by atoms with Gasteiger partial charge in [-0.1, -0.05) is 146 Å². The summed E-state index contributed by atoms with van der Waals surface area (Å²) in [7, 11) is -11.0. The minimum Gasteiger partial charge on any atom is -0.462 e. The van der Waals surface area contributed by atoms with Crippen LogP contribution in [0.1, 0.15) is 168 Å². The quantitative estimate of drug-likeness (QED) is 0.0140. The lowest BCUT2D eigenvalue weighted by Crippen LogP contribution is -2.36. The Balaban J connectivity index is 1.86. The van der Waals surface area contributed by atoms with Gasteiger partial charge >= 0.3 is 33.3 Å². The number of anilines is 1. The Bertz CT molecular complexity index is 1950. The van der Waals surface area contributed by atoms with Gasteiger partial charge in [0.05, 0.1) is 25.4 Å². The predicted octanol–water partition coefficient (Wildman–Crippen LogP) is 8.36. The molecule has 0 saturated carbocycles. The van der Waals surface area contributed by atoms with Crippen molar-refractivity contribution in [2.75, 3.05) is 25.6 Å². The number of carbonyl (C=O) groups is 2. The lowest BCUT2D eigenvalue weighted by Gasteiger charge is -2.21. The number of ether oxygens (including phenoxy) is 3. The van der Waals surface area contributed by atoms with Gasteiger partial charge in [-0.2, -0.15) is 9.29 Å². The van der Waals surface area contributed by atoms with E-state index in [9.17, 15) is 53.7 Å². The lowest BCUT2D eigenvalue weighted by atomic mass is 10.0. The highest BCUT2D eigenvalue weighted by molar-refractivity contribution is 7.61. The molecule has 1 fully saturated rings. The number of nitrogen functional groups attached to an aromatic ring is 1. The van der Waals surface area contributed by atoms with Crippen molar-refractivity contribution in [2.24, 2.45) is 5.92 Å². The minimum absolute atomic E-state index is 0.0104. The van der Waals surface area contributed by atoms with E-state index in [0.717, 1.165) is 68.0 Å². The topological polar surface area (TPSA) is 306 Å². The van der Waals surface area contributed by atoms with Gasteiger partial charge < -0.3 is 50.2 Å². The molecule has 20 nitrogen and oxygen atoms in total. The van der Waals surface area contributed by atoms with Gasteiger partial charge in [0.2, 0.25) is 0 Å². The maximum Gasteiger partial charge on any atom is 0.481 e. The van der Waals surface area contributed by atoms with E-state index in [0.29, 0.717) is 12.8 Å². The Labute approximate surface area is 425 Å². The Hall–Kier alpha value is -3.36. The van der Waals surface area contributed by atoms with E-state index >= 15 is 0 Å². The van der Waals surface area contributed by atoms with Crippen molar-refractivity contribution in [1.29, 1.82) is 0 Å². The second-order valence-electron chi connectivity index (χ2n) is 18.4. The summed E-state index contributed by atoms with van der Waals surface area (Å²) in [4.78, 5) is 62.0. The van der Waals surface area contributed by atoms with Gasteiger partial charge in [0.25, 0.3) is 0 Å². The molecule has 1 aliphatic heterocycles. The van der Waals surface area contributed by atoms with Crippen molar-refractivity contribution in [3.63, 3.8) is 0 Å². The van der Waals surface area contributed by atoms with Crippen LogP contribution in [-0.4, -0.2) is 108 Å². The fourth-order valence-corrected chi connectivity index (χ4v) is 9.58. The van der Waals surface area contributed by atoms with Crippen molar-refractivity contribution >= 4 is 33.4 Å². The Morgan fingerprint density at radius 2 is 1.28 bits per heavy atom. The number of carbonyl (C=O) groups excluding carboxylic acids is 2. The van der Waals surface area contributed by atoms with Crippen LogP contribution >= 0.6 is 15.6 Å². The SMILES string of the molecule is CC/C=C\C/C=C\C/C=C\C/C=C\C[C@H](O)[C@@H](O)CCCC(=O)OC[C@H](COP(=O)(O)OP(=O)(O)OC[C@H]1O[C@@H](n2ccc(N)nc2=O)[C@H](O)[C@@H]1O)OC(=O)CCCCCCCCCCCCCCC(C)C. The molecule has 1 aromatic heterocycles. The molecule has 22 heteroatoms. The standard InChI is InChI=1S/C50H85N3O17P2/c1-4-5-6-7-8-9-10-14-17-20-23-26-30-41(54)42(55)31-28-33-45(56)65-36-40(68-46(57)32-27-24-21-18-15-12-11-13-16-19-22-25-29-39(2)3)37-66-71(61,62)70-72(63,64)67-38-43-47(58)48(59)49(69-43)53-35-34-44(51)52-50(53)60/h5-6,8-9,14,17,23,26,34-35,39-43,47-49,54-55,58-59H,4,7,10-13,15-16,18-22,24-25,27-33,36-38H2,1-3H3,(H,61,62)(H,63,64)(H2,51,52,60)/b6-5-,9-8-,17-14-,26-23-/t40-,41+,42+,43-,47-,48-,49-/m1/s1. The number of phosphoric ester groups is 2. The van der Waals surface area contributed by atoms with Crippen molar-refractivity contribution in [1.82, 2.24) is 9.55 Å². The molecule has 0 spiro atoms. The van der Waals surface area contributed by atoms with E-state index in [-0.39, 0.29) is 37.9 Å². The summed E-state index contributed by atoms with van der Waals surface area (Å²) in [6.45, 7) is 4.05. The number of nitrogens with two attached hydrogens (primary N) is 1. The molecule has 9 atom stereocenters. The first-order valence-corrected chi connectivity index (χ1v) is 28.7. The molecule has 8 N–H and O–H groups in total. The second-order valence-corrected chi connectivity index (χ2v) is 21.5. The number of esters is 2. The maximum absolute atomic E-state index is 12.9. The van der Waals surface area contributed by atoms with Gasteiger partial charge in [-0.25, -0.2) is 13.9 Å². The van der Waals surface area contributed by atoms with Crippen LogP contribution < -0.4 is 11.4 Å². The zero-order chi connectivity index (χ0) is 53.2. The average molecular weight is 1060 g/mol. The summed E-state index contributed by atoms with van der Waals surface area (Å²) in [6.07, 6.45) is 25.1. The third-order valence-electron chi connectivity index (χ3n) is 11.6. The first kappa shape index (κ1) is 64.8. The number of aliphatic hydroxyl groups excluding tert-OH is 4. The molecule has 1 saturated heterocycles. The molecule has 0 radical (unpaired) electrons. The van der Waals surface area contributed by atoms with Crippen molar-refractivity contribution in [2.45, 2.75) is 205 Å². The van der Waals surface area contributed by atoms with Crippen LogP contribution in [0.15, 0.2) is 65.7 Å². The molecular formula is C50H85N3O17P2. The third-order valence-corrected chi connectivity index (χ3v) is 14.2. The van der Waals surface area contributed by atoms with E-state index in [1.54, 1.807) is 6.08 Å². The molecule has 72 heavy (non-hydrogen) atoms. The number of nitrogens with zero attached hydrogens (tertiary/aromatic N) is 2. The lowest BCUT2D eigenvalue weighted by molar-refractivity contribution is -0.161. The second kappa shape index (κ2) is 37.4.